The zero-order chi connectivity index (χ0) is 18.0. The number of rotatable bonds is 3. The summed E-state index contributed by atoms with van der Waals surface area (Å²) >= 11 is 6.61. The van der Waals surface area contributed by atoms with Crippen LogP contribution in [0.25, 0.3) is 0 Å². The van der Waals surface area contributed by atoms with Crippen LogP contribution in [-0.2, 0) is 17.6 Å². The highest BCUT2D eigenvalue weighted by Crippen LogP contribution is 2.37. The van der Waals surface area contributed by atoms with Crippen LogP contribution in [0.1, 0.15) is 39.2 Å². The molecule has 0 bridgehead atoms. The molecule has 1 heterocycles. The number of aryl methyl sites for hydroxylation is 2. The lowest BCUT2D eigenvalue weighted by molar-refractivity contribution is -0.110. The third kappa shape index (κ3) is 3.88. The number of hydrogen-bond donors (Lipinski definition) is 3. The lowest BCUT2D eigenvalue weighted by atomic mass is 9.95. The SMILES string of the molecule is Cc1cccc(NC(=S)C(=O)Nc2sc3c(c2C(N)=O)CCCC3)c1. The Hall–Kier alpha value is -2.25. The van der Waals surface area contributed by atoms with Gasteiger partial charge in [-0.15, -0.1) is 11.3 Å². The lowest BCUT2D eigenvalue weighted by Gasteiger charge is -2.11. The van der Waals surface area contributed by atoms with E-state index in [1.807, 2.05) is 31.2 Å². The Labute approximate surface area is 155 Å². The molecule has 0 radical (unpaired) electrons. The molecular formula is C18H19N3O2S2. The second-order valence-electron chi connectivity index (χ2n) is 6.06. The van der Waals surface area contributed by atoms with Crippen LogP contribution in [0.2, 0.25) is 0 Å². The zero-order valence-corrected chi connectivity index (χ0v) is 15.5. The maximum atomic E-state index is 12.4. The molecule has 1 aromatic carbocycles. The fourth-order valence-corrected chi connectivity index (χ4v) is 4.44. The highest BCUT2D eigenvalue weighted by molar-refractivity contribution is 7.82. The predicted molar refractivity (Wildman–Crippen MR) is 106 cm³/mol. The third-order valence-electron chi connectivity index (χ3n) is 4.13. The smallest absolute Gasteiger partial charge is 0.284 e. The van der Waals surface area contributed by atoms with Gasteiger partial charge in [0, 0.05) is 10.6 Å². The van der Waals surface area contributed by atoms with Crippen molar-refractivity contribution < 1.29 is 9.59 Å². The van der Waals surface area contributed by atoms with Gasteiger partial charge in [-0.05, 0) is 55.9 Å². The topological polar surface area (TPSA) is 84.2 Å². The third-order valence-corrected chi connectivity index (χ3v) is 5.62. The van der Waals surface area contributed by atoms with Gasteiger partial charge in [-0.3, -0.25) is 9.59 Å². The number of thiophene rings is 1. The molecule has 1 aromatic heterocycles. The van der Waals surface area contributed by atoms with E-state index in [1.54, 1.807) is 0 Å². The fraction of sp³-hybridized carbons (Fsp3) is 0.278. The molecule has 5 nitrogen and oxygen atoms in total. The molecule has 1 aliphatic carbocycles. The second kappa shape index (κ2) is 7.33. The van der Waals surface area contributed by atoms with E-state index in [0.29, 0.717) is 10.6 Å². The van der Waals surface area contributed by atoms with E-state index in [1.165, 1.54) is 11.3 Å². The van der Waals surface area contributed by atoms with Crippen LogP contribution in [0, 0.1) is 6.92 Å². The van der Waals surface area contributed by atoms with Crippen LogP contribution >= 0.6 is 23.6 Å². The van der Waals surface area contributed by atoms with Gasteiger partial charge in [-0.1, -0.05) is 24.4 Å². The Morgan fingerprint density at radius 2 is 1.96 bits per heavy atom. The summed E-state index contributed by atoms with van der Waals surface area (Å²) in [6.07, 6.45) is 3.87. The summed E-state index contributed by atoms with van der Waals surface area (Å²) in [5.41, 5.74) is 8.78. The largest absolute Gasteiger partial charge is 0.365 e. The number of primary amides is 1. The van der Waals surface area contributed by atoms with Crippen molar-refractivity contribution in [2.45, 2.75) is 32.6 Å². The molecule has 2 aromatic rings. The number of nitrogens with two attached hydrogens (primary N) is 1. The minimum atomic E-state index is -0.507. The van der Waals surface area contributed by atoms with Gasteiger partial charge in [0.05, 0.1) is 5.56 Å². The molecule has 0 aliphatic heterocycles. The molecule has 1 aliphatic rings. The summed E-state index contributed by atoms with van der Waals surface area (Å²) in [5.74, 6) is -0.954. The molecule has 0 spiro atoms. The van der Waals surface area contributed by atoms with E-state index in [2.05, 4.69) is 10.6 Å². The molecule has 3 rings (SSSR count). The van der Waals surface area contributed by atoms with Crippen LogP contribution in [0.3, 0.4) is 0 Å². The summed E-state index contributed by atoms with van der Waals surface area (Å²) in [4.78, 5) is 25.5. The van der Waals surface area contributed by atoms with Crippen molar-refractivity contribution >= 4 is 51.0 Å². The molecule has 25 heavy (non-hydrogen) atoms. The van der Waals surface area contributed by atoms with Gasteiger partial charge in [0.1, 0.15) is 5.00 Å². The van der Waals surface area contributed by atoms with E-state index in [0.717, 1.165) is 47.4 Å². The van der Waals surface area contributed by atoms with E-state index in [-0.39, 0.29) is 4.99 Å². The van der Waals surface area contributed by atoms with Crippen molar-refractivity contribution in [3.05, 3.63) is 45.8 Å². The predicted octanol–water partition coefficient (Wildman–Crippen LogP) is 3.41. The van der Waals surface area contributed by atoms with Gasteiger partial charge in [0.25, 0.3) is 11.8 Å². The Morgan fingerprint density at radius 1 is 1.20 bits per heavy atom. The maximum Gasteiger partial charge on any atom is 0.284 e. The molecule has 130 valence electrons. The van der Waals surface area contributed by atoms with Gasteiger partial charge >= 0.3 is 0 Å². The number of nitrogens with one attached hydrogen (secondary N) is 2. The summed E-state index contributed by atoms with van der Waals surface area (Å²) in [6.45, 7) is 1.96. The minimum absolute atomic E-state index is 0.0485. The Morgan fingerprint density at radius 3 is 2.68 bits per heavy atom. The molecule has 0 saturated heterocycles. The number of amides is 2. The molecule has 0 atom stereocenters. The van der Waals surface area contributed by atoms with E-state index >= 15 is 0 Å². The average Bonchev–Trinajstić information content (AvgIpc) is 2.92. The molecule has 7 heteroatoms. The Balaban J connectivity index is 1.77. The fourth-order valence-electron chi connectivity index (χ4n) is 2.99. The lowest BCUT2D eigenvalue weighted by Crippen LogP contribution is -2.28. The van der Waals surface area contributed by atoms with Crippen LogP contribution in [-0.4, -0.2) is 16.8 Å². The van der Waals surface area contributed by atoms with Crippen molar-refractivity contribution in [1.29, 1.82) is 0 Å². The van der Waals surface area contributed by atoms with E-state index in [9.17, 15) is 9.59 Å². The van der Waals surface area contributed by atoms with Crippen molar-refractivity contribution in [2.75, 3.05) is 10.6 Å². The summed E-state index contributed by atoms with van der Waals surface area (Å²) in [5, 5.41) is 6.18. The van der Waals surface area contributed by atoms with Gasteiger partial charge in [0.15, 0.2) is 4.99 Å². The first-order valence-electron chi connectivity index (χ1n) is 8.09. The number of thiocarbonyl (C=S) groups is 1. The number of hydrogen-bond acceptors (Lipinski definition) is 4. The van der Waals surface area contributed by atoms with E-state index < -0.39 is 11.8 Å². The first-order chi connectivity index (χ1) is 12.0. The monoisotopic (exact) mass is 373 g/mol. The van der Waals surface area contributed by atoms with Crippen molar-refractivity contribution in [3.8, 4) is 0 Å². The molecule has 0 fully saturated rings. The summed E-state index contributed by atoms with van der Waals surface area (Å²) in [6, 6.07) is 7.59. The number of carbonyl (C=O) groups excluding carboxylic acids is 2. The van der Waals surface area contributed by atoms with Crippen molar-refractivity contribution in [3.63, 3.8) is 0 Å². The van der Waals surface area contributed by atoms with Gasteiger partial charge in [-0.25, -0.2) is 0 Å². The van der Waals surface area contributed by atoms with Gasteiger partial charge in [-0.2, -0.15) is 0 Å². The summed E-state index contributed by atoms with van der Waals surface area (Å²) in [7, 11) is 0. The van der Waals surface area contributed by atoms with E-state index in [4.69, 9.17) is 18.0 Å². The Bertz CT molecular complexity index is 858. The van der Waals surface area contributed by atoms with Gasteiger partial charge in [0.2, 0.25) is 0 Å². The quantitative estimate of drug-likeness (QED) is 0.720. The molecule has 2 amide bonds. The first-order valence-corrected chi connectivity index (χ1v) is 9.31. The van der Waals surface area contributed by atoms with Crippen LogP contribution in [0.5, 0.6) is 0 Å². The molecule has 4 N–H and O–H groups in total. The van der Waals surface area contributed by atoms with Crippen LogP contribution in [0.15, 0.2) is 24.3 Å². The summed E-state index contributed by atoms with van der Waals surface area (Å²) < 4.78 is 0. The number of benzene rings is 1. The minimum Gasteiger partial charge on any atom is -0.365 e. The molecular weight excluding hydrogens is 354 g/mol. The number of anilines is 2. The Kier molecular flexibility index (Phi) is 5.15. The standard InChI is InChI=1S/C18H19N3O2S2/c1-10-5-4-6-11(9-10)20-17(24)16(23)21-18-14(15(19)22)12-7-2-3-8-13(12)25-18/h4-6,9H,2-3,7-8H2,1H3,(H2,19,22)(H,20,24)(H,21,23). The van der Waals surface area contributed by atoms with Crippen LogP contribution in [0.4, 0.5) is 10.7 Å². The first kappa shape index (κ1) is 17.6. The second-order valence-corrected chi connectivity index (χ2v) is 7.57. The van der Waals surface area contributed by atoms with Gasteiger partial charge < -0.3 is 16.4 Å². The molecule has 0 saturated carbocycles. The number of carbonyl (C=O) groups is 2. The normalized spacial score (nSPS) is 13.0. The molecule has 0 unspecified atom stereocenters. The highest BCUT2D eigenvalue weighted by Gasteiger charge is 2.25. The maximum absolute atomic E-state index is 12.4. The average molecular weight is 374 g/mol. The van der Waals surface area contributed by atoms with Crippen molar-refractivity contribution in [1.82, 2.24) is 0 Å². The zero-order valence-electron chi connectivity index (χ0n) is 13.8. The highest BCUT2D eigenvalue weighted by atomic mass is 32.1. The number of fused-ring (bicyclic) bond motifs is 1. The van der Waals surface area contributed by atoms with Crippen LogP contribution < -0.4 is 16.4 Å². The van der Waals surface area contributed by atoms with Crippen molar-refractivity contribution in [2.24, 2.45) is 5.73 Å².